The first-order valence-electron chi connectivity index (χ1n) is 10.1. The highest BCUT2D eigenvalue weighted by Gasteiger charge is 2.15. The largest absolute Gasteiger partial charge is 0.355 e. The van der Waals surface area contributed by atoms with Crippen molar-refractivity contribution in [3.8, 4) is 0 Å². The number of nitrogens with one attached hydrogen (secondary N) is 3. The monoisotopic (exact) mass is 564 g/mol. The second-order valence-corrected chi connectivity index (χ2v) is 8.96. The number of hydrogen-bond acceptors (Lipinski definition) is 3. The quantitative estimate of drug-likeness (QED) is 0.218. The molecule has 0 spiro atoms. The molecule has 0 atom stereocenters. The van der Waals surface area contributed by atoms with E-state index in [1.165, 1.54) is 11.1 Å². The summed E-state index contributed by atoms with van der Waals surface area (Å²) < 4.78 is 25.8. The Kier molecular flexibility index (Phi) is 9.98. The molecule has 3 rings (SSSR count). The van der Waals surface area contributed by atoms with Gasteiger partial charge < -0.3 is 10.6 Å². The van der Waals surface area contributed by atoms with Crippen LogP contribution >= 0.6 is 24.0 Å². The Morgan fingerprint density at radius 2 is 1.38 bits per heavy atom. The lowest BCUT2D eigenvalue weighted by Gasteiger charge is -2.21. The van der Waals surface area contributed by atoms with Crippen LogP contribution in [0.15, 0.2) is 89.9 Å². The van der Waals surface area contributed by atoms with Crippen LogP contribution < -0.4 is 15.4 Å². The highest BCUT2D eigenvalue weighted by atomic mass is 127. The SMILES string of the molecule is CN=C(NCc1ccccc1NS(C)(=O)=O)NCC(c1ccccc1)c1ccccc1.I. The number of hydrogen-bond donors (Lipinski definition) is 3. The minimum atomic E-state index is -3.35. The molecule has 6 nitrogen and oxygen atoms in total. The molecule has 0 saturated heterocycles. The Hall–Kier alpha value is -2.59. The number of aliphatic imine (C=N–C) groups is 1. The van der Waals surface area contributed by atoms with E-state index in [2.05, 4.69) is 44.6 Å². The van der Waals surface area contributed by atoms with Gasteiger partial charge in [0.15, 0.2) is 5.96 Å². The first-order valence-corrected chi connectivity index (χ1v) is 12.0. The maximum atomic E-state index is 11.6. The fourth-order valence-corrected chi connectivity index (χ4v) is 3.97. The molecule has 3 aromatic carbocycles. The van der Waals surface area contributed by atoms with Gasteiger partial charge in [-0.2, -0.15) is 0 Å². The van der Waals surface area contributed by atoms with Crippen molar-refractivity contribution in [3.05, 3.63) is 102 Å². The standard InChI is InChI=1S/C24H28N4O2S.HI/c1-25-24(26-17-21-15-9-10-16-23(21)28-31(2,29)30)27-18-22(19-11-5-3-6-12-19)20-13-7-4-8-14-20;/h3-16,22,28H,17-18H2,1-2H3,(H2,25,26,27);1H. The number of guanidine groups is 1. The summed E-state index contributed by atoms with van der Waals surface area (Å²) in [7, 11) is -1.63. The third kappa shape index (κ3) is 7.83. The molecular formula is C24H29IN4O2S. The molecule has 8 heteroatoms. The Balaban J connectivity index is 0.00000363. The Morgan fingerprint density at radius 1 is 0.844 bits per heavy atom. The summed E-state index contributed by atoms with van der Waals surface area (Å²) in [6, 6.07) is 28.0. The van der Waals surface area contributed by atoms with Crippen molar-refractivity contribution in [2.75, 3.05) is 24.6 Å². The molecule has 0 fully saturated rings. The van der Waals surface area contributed by atoms with Gasteiger partial charge in [0.1, 0.15) is 0 Å². The van der Waals surface area contributed by atoms with Crippen molar-refractivity contribution in [2.24, 2.45) is 4.99 Å². The molecule has 0 unspecified atom stereocenters. The summed E-state index contributed by atoms with van der Waals surface area (Å²) in [5.41, 5.74) is 3.83. The van der Waals surface area contributed by atoms with E-state index in [-0.39, 0.29) is 29.9 Å². The van der Waals surface area contributed by atoms with E-state index in [0.29, 0.717) is 24.7 Å². The molecule has 0 saturated carbocycles. The Bertz CT molecular complexity index is 1070. The number of sulfonamides is 1. The third-order valence-electron chi connectivity index (χ3n) is 4.86. The van der Waals surface area contributed by atoms with Crippen LogP contribution in [0.25, 0.3) is 0 Å². The number of anilines is 1. The zero-order valence-corrected chi connectivity index (χ0v) is 21.3. The zero-order chi connectivity index (χ0) is 22.1. The van der Waals surface area contributed by atoms with Crippen LogP contribution in [-0.4, -0.2) is 34.2 Å². The first kappa shape index (κ1) is 25.7. The molecule has 0 aliphatic heterocycles. The summed E-state index contributed by atoms with van der Waals surface area (Å²) >= 11 is 0. The van der Waals surface area contributed by atoms with Crippen LogP contribution in [-0.2, 0) is 16.6 Å². The molecule has 3 aromatic rings. The molecule has 0 aliphatic rings. The molecule has 0 amide bonds. The summed E-state index contributed by atoms with van der Waals surface area (Å²) in [4.78, 5) is 4.32. The lowest BCUT2D eigenvalue weighted by molar-refractivity contribution is 0.606. The highest BCUT2D eigenvalue weighted by molar-refractivity contribution is 14.0. The maximum Gasteiger partial charge on any atom is 0.229 e. The van der Waals surface area contributed by atoms with Gasteiger partial charge in [-0.15, -0.1) is 24.0 Å². The van der Waals surface area contributed by atoms with Crippen molar-refractivity contribution in [1.82, 2.24) is 10.6 Å². The fourth-order valence-electron chi connectivity index (χ4n) is 3.37. The second-order valence-electron chi connectivity index (χ2n) is 7.21. The van der Waals surface area contributed by atoms with Gasteiger partial charge in [-0.25, -0.2) is 8.42 Å². The summed E-state index contributed by atoms with van der Waals surface area (Å²) in [6.45, 7) is 1.09. The van der Waals surface area contributed by atoms with Gasteiger partial charge in [-0.3, -0.25) is 9.71 Å². The van der Waals surface area contributed by atoms with E-state index >= 15 is 0 Å². The Labute approximate surface area is 207 Å². The summed E-state index contributed by atoms with van der Waals surface area (Å²) in [5, 5.41) is 6.68. The lowest BCUT2D eigenvalue weighted by atomic mass is 9.91. The minimum absolute atomic E-state index is 0. The van der Waals surface area contributed by atoms with Crippen LogP contribution in [0.2, 0.25) is 0 Å². The first-order chi connectivity index (χ1) is 15.0. The van der Waals surface area contributed by atoms with Crippen molar-refractivity contribution in [1.29, 1.82) is 0 Å². The zero-order valence-electron chi connectivity index (χ0n) is 18.2. The van der Waals surface area contributed by atoms with Crippen LogP contribution in [0, 0.1) is 0 Å². The number of benzene rings is 3. The molecule has 32 heavy (non-hydrogen) atoms. The van der Waals surface area contributed by atoms with Crippen molar-refractivity contribution >= 4 is 45.6 Å². The molecular weight excluding hydrogens is 535 g/mol. The van der Waals surface area contributed by atoms with Gasteiger partial charge in [0.05, 0.1) is 11.9 Å². The summed E-state index contributed by atoms with van der Waals surface area (Å²) in [6.07, 6.45) is 1.14. The lowest BCUT2D eigenvalue weighted by Crippen LogP contribution is -2.39. The van der Waals surface area contributed by atoms with E-state index in [4.69, 9.17) is 0 Å². The molecule has 0 bridgehead atoms. The van der Waals surface area contributed by atoms with E-state index < -0.39 is 10.0 Å². The topological polar surface area (TPSA) is 82.6 Å². The average molecular weight is 564 g/mol. The van der Waals surface area contributed by atoms with E-state index in [1.807, 2.05) is 48.5 Å². The normalized spacial score (nSPS) is 11.5. The predicted octanol–water partition coefficient (Wildman–Crippen LogP) is 4.17. The number of nitrogens with zero attached hydrogens (tertiary/aromatic N) is 1. The average Bonchev–Trinajstić information content (AvgIpc) is 2.77. The van der Waals surface area contributed by atoms with Crippen molar-refractivity contribution in [2.45, 2.75) is 12.5 Å². The fraction of sp³-hybridized carbons (Fsp3) is 0.208. The van der Waals surface area contributed by atoms with E-state index in [0.717, 1.165) is 11.8 Å². The second kappa shape index (κ2) is 12.4. The van der Waals surface area contributed by atoms with Crippen molar-refractivity contribution in [3.63, 3.8) is 0 Å². The van der Waals surface area contributed by atoms with Gasteiger partial charge in [0.25, 0.3) is 0 Å². The van der Waals surface area contributed by atoms with Crippen LogP contribution in [0.4, 0.5) is 5.69 Å². The van der Waals surface area contributed by atoms with Gasteiger partial charge in [-0.05, 0) is 22.8 Å². The van der Waals surface area contributed by atoms with Crippen LogP contribution in [0.3, 0.4) is 0 Å². The third-order valence-corrected chi connectivity index (χ3v) is 5.45. The summed E-state index contributed by atoms with van der Waals surface area (Å²) in [5.74, 6) is 0.811. The molecule has 3 N–H and O–H groups in total. The van der Waals surface area contributed by atoms with Gasteiger partial charge in [0.2, 0.25) is 10.0 Å². The van der Waals surface area contributed by atoms with Crippen molar-refractivity contribution < 1.29 is 8.42 Å². The number of halogens is 1. The van der Waals surface area contributed by atoms with Crippen LogP contribution in [0.1, 0.15) is 22.6 Å². The van der Waals surface area contributed by atoms with Gasteiger partial charge in [-0.1, -0.05) is 78.9 Å². The van der Waals surface area contributed by atoms with Gasteiger partial charge >= 0.3 is 0 Å². The molecule has 170 valence electrons. The molecule has 0 heterocycles. The van der Waals surface area contributed by atoms with Crippen LogP contribution in [0.5, 0.6) is 0 Å². The minimum Gasteiger partial charge on any atom is -0.355 e. The predicted molar refractivity (Wildman–Crippen MR) is 143 cm³/mol. The highest BCUT2D eigenvalue weighted by Crippen LogP contribution is 2.23. The molecule has 0 radical (unpaired) electrons. The molecule has 0 aliphatic carbocycles. The van der Waals surface area contributed by atoms with E-state index in [1.54, 1.807) is 19.2 Å². The molecule has 0 aromatic heterocycles. The smallest absolute Gasteiger partial charge is 0.229 e. The van der Waals surface area contributed by atoms with E-state index in [9.17, 15) is 8.42 Å². The number of rotatable bonds is 8. The Morgan fingerprint density at radius 3 is 1.91 bits per heavy atom. The number of para-hydroxylation sites is 1. The maximum absolute atomic E-state index is 11.6. The van der Waals surface area contributed by atoms with Gasteiger partial charge in [0, 0.05) is 26.1 Å².